The maximum Gasteiger partial charge on any atom is 0.106 e. The van der Waals surface area contributed by atoms with Crippen molar-refractivity contribution in [3.63, 3.8) is 0 Å². The van der Waals surface area contributed by atoms with Crippen LogP contribution >= 0.6 is 15.9 Å². The summed E-state index contributed by atoms with van der Waals surface area (Å²) in [7, 11) is 0. The predicted octanol–water partition coefficient (Wildman–Crippen LogP) is 3.12. The zero-order valence-corrected chi connectivity index (χ0v) is 11.3. The highest BCUT2D eigenvalue weighted by molar-refractivity contribution is 9.10. The van der Waals surface area contributed by atoms with Crippen molar-refractivity contribution in [1.82, 2.24) is 15.0 Å². The molecule has 2 rings (SSSR count). The van der Waals surface area contributed by atoms with Gasteiger partial charge in [0.25, 0.3) is 0 Å². The average molecular weight is 293 g/mol. The number of anilines is 1. The zero-order valence-electron chi connectivity index (χ0n) is 9.68. The lowest BCUT2D eigenvalue weighted by molar-refractivity contribution is 0.809. The molecule has 0 aliphatic heterocycles. The van der Waals surface area contributed by atoms with Crippen LogP contribution in [0.3, 0.4) is 0 Å². The van der Waals surface area contributed by atoms with Crippen LogP contribution < -0.4 is 5.32 Å². The first-order valence-electron chi connectivity index (χ1n) is 5.32. The Hall–Kier alpha value is -1.49. The molecule has 1 N–H and O–H groups in total. The Bertz CT molecular complexity index is 498. The van der Waals surface area contributed by atoms with E-state index < -0.39 is 0 Å². The molecule has 0 saturated carbocycles. The van der Waals surface area contributed by atoms with Gasteiger partial charge in [0.15, 0.2) is 0 Å². The Morgan fingerprint density at radius 3 is 2.59 bits per heavy atom. The average Bonchev–Trinajstić information content (AvgIpc) is 2.32. The molecule has 0 amide bonds. The van der Waals surface area contributed by atoms with Crippen molar-refractivity contribution in [3.8, 4) is 0 Å². The number of aromatic nitrogens is 3. The topological polar surface area (TPSA) is 50.7 Å². The number of hydrogen-bond acceptors (Lipinski definition) is 4. The number of pyridine rings is 1. The summed E-state index contributed by atoms with van der Waals surface area (Å²) in [5.41, 5.74) is 2.86. The molecule has 0 spiro atoms. The Labute approximate surface area is 109 Å². The molecule has 0 bridgehead atoms. The van der Waals surface area contributed by atoms with E-state index in [-0.39, 0.29) is 6.04 Å². The van der Waals surface area contributed by atoms with Crippen LogP contribution in [0.25, 0.3) is 0 Å². The fraction of sp³-hybridized carbons (Fsp3) is 0.250. The molecular weight excluding hydrogens is 280 g/mol. The SMILES string of the molecule is Cc1nccnc1C(C)Nc1ccc(Br)nc1. The van der Waals surface area contributed by atoms with Gasteiger partial charge in [-0.3, -0.25) is 9.97 Å². The van der Waals surface area contributed by atoms with Gasteiger partial charge in [0.2, 0.25) is 0 Å². The Morgan fingerprint density at radius 2 is 1.94 bits per heavy atom. The highest BCUT2D eigenvalue weighted by Crippen LogP contribution is 2.19. The van der Waals surface area contributed by atoms with E-state index in [9.17, 15) is 0 Å². The maximum absolute atomic E-state index is 4.34. The normalized spacial score (nSPS) is 12.2. The molecule has 0 aromatic carbocycles. The smallest absolute Gasteiger partial charge is 0.106 e. The quantitative estimate of drug-likeness (QED) is 0.883. The van der Waals surface area contributed by atoms with Crippen LogP contribution in [0.15, 0.2) is 35.3 Å². The van der Waals surface area contributed by atoms with Gasteiger partial charge in [-0.05, 0) is 41.9 Å². The van der Waals surface area contributed by atoms with Gasteiger partial charge in [-0.15, -0.1) is 0 Å². The molecule has 0 radical (unpaired) electrons. The minimum Gasteiger partial charge on any atom is -0.376 e. The largest absolute Gasteiger partial charge is 0.376 e. The molecule has 2 aromatic heterocycles. The van der Waals surface area contributed by atoms with Gasteiger partial charge in [0.05, 0.1) is 29.3 Å². The van der Waals surface area contributed by atoms with Crippen molar-refractivity contribution in [1.29, 1.82) is 0 Å². The highest BCUT2D eigenvalue weighted by Gasteiger charge is 2.10. The summed E-state index contributed by atoms with van der Waals surface area (Å²) in [6.07, 6.45) is 5.19. The number of nitrogens with one attached hydrogen (secondary N) is 1. The van der Waals surface area contributed by atoms with Crippen LogP contribution in [-0.2, 0) is 0 Å². The molecule has 0 aliphatic carbocycles. The van der Waals surface area contributed by atoms with Crippen LogP contribution in [0.1, 0.15) is 24.4 Å². The van der Waals surface area contributed by atoms with E-state index in [2.05, 4.69) is 43.1 Å². The monoisotopic (exact) mass is 292 g/mol. The summed E-state index contributed by atoms with van der Waals surface area (Å²) < 4.78 is 0.825. The molecule has 5 heteroatoms. The van der Waals surface area contributed by atoms with E-state index in [1.807, 2.05) is 19.1 Å². The summed E-state index contributed by atoms with van der Waals surface area (Å²) in [5, 5.41) is 3.34. The molecule has 0 saturated heterocycles. The Kier molecular flexibility index (Phi) is 3.68. The van der Waals surface area contributed by atoms with Crippen LogP contribution in [0.2, 0.25) is 0 Å². The number of aryl methyl sites for hydroxylation is 1. The number of halogens is 1. The molecule has 0 fully saturated rings. The van der Waals surface area contributed by atoms with Crippen molar-refractivity contribution in [2.24, 2.45) is 0 Å². The van der Waals surface area contributed by atoms with Crippen LogP contribution in [0.4, 0.5) is 5.69 Å². The van der Waals surface area contributed by atoms with E-state index >= 15 is 0 Å². The van der Waals surface area contributed by atoms with Gasteiger partial charge >= 0.3 is 0 Å². The fourth-order valence-electron chi connectivity index (χ4n) is 1.62. The van der Waals surface area contributed by atoms with Crippen molar-refractivity contribution in [2.75, 3.05) is 5.32 Å². The third-order valence-electron chi connectivity index (χ3n) is 2.44. The first-order chi connectivity index (χ1) is 8.16. The minimum absolute atomic E-state index is 0.103. The second-order valence-corrected chi connectivity index (χ2v) is 4.58. The Balaban J connectivity index is 2.14. The van der Waals surface area contributed by atoms with Gasteiger partial charge in [0, 0.05) is 12.4 Å². The summed E-state index contributed by atoms with van der Waals surface area (Å²) >= 11 is 3.31. The van der Waals surface area contributed by atoms with Crippen LogP contribution in [0, 0.1) is 6.92 Å². The summed E-state index contributed by atoms with van der Waals surface area (Å²) in [6.45, 7) is 4.01. The minimum atomic E-state index is 0.103. The molecule has 2 aromatic rings. The summed E-state index contributed by atoms with van der Waals surface area (Å²) in [6, 6.07) is 3.98. The zero-order chi connectivity index (χ0) is 12.3. The maximum atomic E-state index is 4.34. The summed E-state index contributed by atoms with van der Waals surface area (Å²) in [4.78, 5) is 12.7. The van der Waals surface area contributed by atoms with E-state index in [1.54, 1.807) is 18.6 Å². The number of nitrogens with zero attached hydrogens (tertiary/aromatic N) is 3. The van der Waals surface area contributed by atoms with E-state index in [4.69, 9.17) is 0 Å². The van der Waals surface area contributed by atoms with E-state index in [0.717, 1.165) is 21.7 Å². The third-order valence-corrected chi connectivity index (χ3v) is 2.91. The molecule has 88 valence electrons. The van der Waals surface area contributed by atoms with E-state index in [1.165, 1.54) is 0 Å². The Morgan fingerprint density at radius 1 is 1.18 bits per heavy atom. The van der Waals surface area contributed by atoms with Crippen molar-refractivity contribution < 1.29 is 0 Å². The first kappa shape index (κ1) is 12.0. The molecule has 2 heterocycles. The van der Waals surface area contributed by atoms with Gasteiger partial charge in [0.1, 0.15) is 4.60 Å². The van der Waals surface area contributed by atoms with Crippen LogP contribution in [-0.4, -0.2) is 15.0 Å². The number of rotatable bonds is 3. The molecule has 1 atom stereocenters. The standard InChI is InChI=1S/C12H13BrN4/c1-8-12(15-6-5-14-8)9(2)17-10-3-4-11(13)16-7-10/h3-7,9,17H,1-2H3. The summed E-state index contributed by atoms with van der Waals surface area (Å²) in [5.74, 6) is 0. The molecule has 17 heavy (non-hydrogen) atoms. The lowest BCUT2D eigenvalue weighted by Gasteiger charge is -2.15. The second-order valence-electron chi connectivity index (χ2n) is 3.76. The second kappa shape index (κ2) is 5.23. The molecular formula is C12H13BrN4. The third kappa shape index (κ3) is 3.00. The molecule has 0 aliphatic rings. The van der Waals surface area contributed by atoms with Gasteiger partial charge < -0.3 is 5.32 Å². The van der Waals surface area contributed by atoms with Crippen molar-refractivity contribution in [3.05, 3.63) is 46.7 Å². The lowest BCUT2D eigenvalue weighted by Crippen LogP contribution is -2.11. The van der Waals surface area contributed by atoms with Crippen molar-refractivity contribution in [2.45, 2.75) is 19.9 Å². The van der Waals surface area contributed by atoms with Gasteiger partial charge in [-0.2, -0.15) is 0 Å². The number of hydrogen-bond donors (Lipinski definition) is 1. The first-order valence-corrected chi connectivity index (χ1v) is 6.11. The van der Waals surface area contributed by atoms with Crippen LogP contribution in [0.5, 0.6) is 0 Å². The van der Waals surface area contributed by atoms with E-state index in [0.29, 0.717) is 0 Å². The molecule has 4 nitrogen and oxygen atoms in total. The fourth-order valence-corrected chi connectivity index (χ4v) is 1.86. The van der Waals surface area contributed by atoms with Gasteiger partial charge in [-0.25, -0.2) is 4.98 Å². The molecule has 1 unspecified atom stereocenters. The highest BCUT2D eigenvalue weighted by atomic mass is 79.9. The van der Waals surface area contributed by atoms with Gasteiger partial charge in [-0.1, -0.05) is 0 Å². The lowest BCUT2D eigenvalue weighted by atomic mass is 10.2. The predicted molar refractivity (Wildman–Crippen MR) is 70.7 cm³/mol. The van der Waals surface area contributed by atoms with Crippen molar-refractivity contribution >= 4 is 21.6 Å².